The maximum absolute atomic E-state index is 14.6. The molecule has 2 spiro atoms. The van der Waals surface area contributed by atoms with Crippen LogP contribution in [-0.4, -0.2) is 257 Å². The fourth-order valence-corrected chi connectivity index (χ4v) is 23.7. The molecule has 7 aliphatic carbocycles. The van der Waals surface area contributed by atoms with E-state index in [1.165, 1.54) is 59.7 Å². The van der Waals surface area contributed by atoms with Crippen LogP contribution in [0.15, 0.2) is 126 Å². The van der Waals surface area contributed by atoms with E-state index in [1.54, 1.807) is 32.8 Å². The van der Waals surface area contributed by atoms with Gasteiger partial charge in [-0.3, -0.25) is 24.0 Å². The van der Waals surface area contributed by atoms with Crippen molar-refractivity contribution < 1.29 is 47.7 Å². The first kappa shape index (κ1) is 98.6. The molecule has 12 fully saturated rings. The minimum Gasteiger partial charge on any atom is -0.388 e. The lowest BCUT2D eigenvalue weighted by molar-refractivity contribution is -0.130. The third-order valence-electron chi connectivity index (χ3n) is 32.9. The maximum Gasteiger partial charge on any atom is 0.246 e. The second-order valence-corrected chi connectivity index (χ2v) is 42.3. The van der Waals surface area contributed by atoms with Gasteiger partial charge in [0, 0.05) is 146 Å². The van der Waals surface area contributed by atoms with Gasteiger partial charge in [0.05, 0.1) is 45.7 Å². The predicted octanol–water partition coefficient (Wildman–Crippen LogP) is 16.1. The molecule has 5 saturated heterocycles. The fourth-order valence-electron chi connectivity index (χ4n) is 23.7. The van der Waals surface area contributed by atoms with Gasteiger partial charge in [-0.2, -0.15) is 0 Å². The number of aromatic nitrogens is 15. The van der Waals surface area contributed by atoms with E-state index in [0.29, 0.717) is 94.3 Å². The summed E-state index contributed by atoms with van der Waals surface area (Å²) < 4.78 is 34.6. The molecule has 5 amide bonds. The number of hydrogen-bond donors (Lipinski definition) is 12. The summed E-state index contributed by atoms with van der Waals surface area (Å²) >= 11 is 0. The summed E-state index contributed by atoms with van der Waals surface area (Å²) in [5.41, 5.74) is 6.93. The van der Waals surface area contributed by atoms with E-state index in [0.717, 1.165) is 230 Å². The van der Waals surface area contributed by atoms with E-state index >= 15 is 0 Å². The molecule has 4 unspecified atom stereocenters. The molecule has 20 atom stereocenters. The van der Waals surface area contributed by atoms with Gasteiger partial charge >= 0.3 is 0 Å². The molecule has 10 aromatic heterocycles. The Hall–Kier alpha value is -12.6. The van der Waals surface area contributed by atoms with Crippen molar-refractivity contribution in [1.82, 2.24) is 99.3 Å². The van der Waals surface area contributed by atoms with Crippen LogP contribution in [0, 0.1) is 40.9 Å². The van der Waals surface area contributed by atoms with E-state index in [1.807, 2.05) is 55.5 Å². The molecule has 22 rings (SSSR count). The highest BCUT2D eigenvalue weighted by Gasteiger charge is 2.69. The summed E-state index contributed by atoms with van der Waals surface area (Å²) in [6.45, 7) is 36.1. The van der Waals surface area contributed by atoms with Crippen molar-refractivity contribution in [3.8, 4) is 12.3 Å². The Labute approximate surface area is 821 Å². The van der Waals surface area contributed by atoms with Crippen LogP contribution in [-0.2, 0) is 28.7 Å². The number of rotatable bonds is 25. The molecule has 7 saturated carbocycles. The molecule has 15 heterocycles. The molecule has 12 N–H and O–H groups in total. The third-order valence-corrected chi connectivity index (χ3v) is 32.9. The lowest BCUT2D eigenvalue weighted by Crippen LogP contribution is -2.49. The van der Waals surface area contributed by atoms with Crippen molar-refractivity contribution in [2.45, 2.75) is 298 Å². The average molecular weight is 1930 g/mol. The number of H-pyrrole nitrogens is 5. The number of aromatic amines is 5. The molecule has 5 aliphatic heterocycles. The van der Waals surface area contributed by atoms with Crippen LogP contribution in [0.1, 0.15) is 254 Å². The van der Waals surface area contributed by atoms with Crippen molar-refractivity contribution in [3.05, 3.63) is 154 Å². The van der Waals surface area contributed by atoms with Gasteiger partial charge in [0.2, 0.25) is 29.5 Å². The van der Waals surface area contributed by atoms with Crippen LogP contribution in [0.3, 0.4) is 0 Å². The van der Waals surface area contributed by atoms with Crippen LogP contribution in [0.25, 0.3) is 55.2 Å². The number of nitrogens with one attached hydrogen (secondary N) is 10. The number of nitrogens with zero attached hydrogens (tertiary/aromatic N) is 15. The molecule has 10 aromatic rings. The molecule has 35 heteroatoms. The summed E-state index contributed by atoms with van der Waals surface area (Å²) in [4.78, 5) is 131. The normalized spacial score (nSPS) is 29.6. The lowest BCUT2D eigenvalue weighted by Gasteiger charge is -2.38. The first-order valence-corrected chi connectivity index (χ1v) is 50.8. The van der Waals surface area contributed by atoms with Crippen LogP contribution in [0.5, 0.6) is 0 Å². The highest BCUT2D eigenvalue weighted by molar-refractivity contribution is 5.96. The molecular weight excluding hydrogens is 1790 g/mol. The zero-order valence-electron chi connectivity index (χ0n) is 82.2. The predicted molar refractivity (Wildman–Crippen MR) is 542 cm³/mol. The Morgan fingerprint density at radius 1 is 0.426 bits per heavy atom. The van der Waals surface area contributed by atoms with Crippen molar-refractivity contribution in [2.75, 3.05) is 72.5 Å². The number of terminal acetylenes is 1. The largest absolute Gasteiger partial charge is 0.388 e. The maximum atomic E-state index is 14.6. The molecule has 12 aliphatic rings. The topological polar surface area (TPSA) is 419 Å². The van der Waals surface area contributed by atoms with Crippen LogP contribution >= 0.6 is 0 Å². The zero-order valence-corrected chi connectivity index (χ0v) is 82.2. The van der Waals surface area contributed by atoms with Crippen LogP contribution in [0.2, 0.25) is 0 Å². The Morgan fingerprint density at radius 2 is 0.695 bits per heavy atom. The summed E-state index contributed by atoms with van der Waals surface area (Å²) in [7, 11) is 0. The summed E-state index contributed by atoms with van der Waals surface area (Å²) in [5.74, 6) is 8.46. The van der Waals surface area contributed by atoms with E-state index in [-0.39, 0.29) is 101 Å². The number of amides is 5. The van der Waals surface area contributed by atoms with Gasteiger partial charge < -0.3 is 91.0 Å². The minimum absolute atomic E-state index is 0.0213. The number of fused-ring (bicyclic) bond motifs is 5. The molecule has 0 bridgehead atoms. The summed E-state index contributed by atoms with van der Waals surface area (Å²) in [5, 5.41) is 43.7. The number of aliphatic hydroxyl groups excluding tert-OH is 2. The van der Waals surface area contributed by atoms with E-state index in [9.17, 15) is 43.0 Å². The zero-order chi connectivity index (χ0) is 99.1. The Balaban J connectivity index is 0.000000117. The number of anilines is 5. The lowest BCUT2D eigenvalue weighted by atomic mass is 9.94. The highest BCUT2D eigenvalue weighted by Crippen LogP contribution is 2.72. The van der Waals surface area contributed by atoms with Crippen molar-refractivity contribution >= 4 is 114 Å². The standard InChI is InChI=1S/2C23H30FN5O.C22H27N5O2.2C19H25N5O2/c2*1-4-18(30)29-11-16(6-5-14(29)2)28-21-19-17(10-25-20(19)26-13-27-21)15-7-8-23(9-15)12-22(23,3)24;1-4-8-29-12-15-9-17(15)18-10-23-21-20(18)22(25-13-24-21)26-16-7-6-14(3)27(11-16)19(28)5-2;2*1-3-15(25)24-9-13(7-4-11(24)2)23-19-16-14(17(26)12-5-6-12)8-20-18(16)21-10-22-19/h2*4,10,13-16H,1,5-9,11-12H2,2-3H3,(H2,25,26,27,28);1,5,10,13-17H,2,6-9,11-12H2,3H3,(H2,23,24,25,26);2*3,8,10-13,17,26H,1,4-7,9H2,2H3,(H2,20,21,22,23)/t14-,15-,16+,22?,23+;14-,15-,16+,22?,23-;14-,15?,16+,17?;11-,13+,17+;11-,13+,17-/m00000/s1. The van der Waals surface area contributed by atoms with Crippen molar-refractivity contribution in [3.63, 3.8) is 0 Å². The molecule has 748 valence electrons. The number of piperidine rings is 5. The number of likely N-dealkylation sites (tertiary alicyclic amines) is 5. The second kappa shape index (κ2) is 41.2. The molecule has 0 radical (unpaired) electrons. The van der Waals surface area contributed by atoms with E-state index in [2.05, 4.69) is 175 Å². The van der Waals surface area contributed by atoms with Gasteiger partial charge in [-0.05, 0) is 279 Å². The first-order valence-electron chi connectivity index (χ1n) is 50.8. The van der Waals surface area contributed by atoms with E-state index in [4.69, 9.17) is 11.2 Å². The Bertz CT molecular complexity index is 6050. The van der Waals surface area contributed by atoms with Gasteiger partial charge in [-0.1, -0.05) is 38.8 Å². The number of alkyl halides is 2. The van der Waals surface area contributed by atoms with E-state index < -0.39 is 23.5 Å². The number of hydrogen-bond acceptors (Lipinski definition) is 23. The summed E-state index contributed by atoms with van der Waals surface area (Å²) in [6.07, 6.45) is 50.6. The van der Waals surface area contributed by atoms with Crippen LogP contribution < -0.4 is 26.6 Å². The number of carbonyl (C=O) groups is 5. The quantitative estimate of drug-likeness (QED) is 0.0144. The van der Waals surface area contributed by atoms with Gasteiger partial charge in [0.15, 0.2) is 0 Å². The highest BCUT2D eigenvalue weighted by atomic mass is 19.1. The Morgan fingerprint density at radius 3 is 0.965 bits per heavy atom. The number of ether oxygens (including phenoxy) is 1. The molecule has 141 heavy (non-hydrogen) atoms. The SMILES string of the molecule is C#CCOCC1CC1c1c[nH]c2ncnc(N[C@@H]3CC[C@H](C)N(C(=O)C=C)C3)c12.C=CC(=O)N1C[C@H](Nc2ncnc3[nH]cc([C@@H](O)C4CC4)c23)CC[C@@H]1C.C=CC(=O)N1C[C@H](Nc2ncnc3[nH]cc([C@H](O)C4CC4)c23)CC[C@@H]1C.C=CC(=O)N1C[C@H](Nc2ncnc3[nH]cc([C@H]4CC[C@@]5(C4)CC5(C)F)c23)CC[C@@H]1C.C=CC(=O)N1C[C@H](Nc2ncnc3[nH]cc([C@H]4CC[C@]5(C4)CC5(C)F)c23)CC[C@@H]1C. The van der Waals surface area contributed by atoms with Crippen LogP contribution in [0.4, 0.5) is 37.9 Å². The second-order valence-electron chi connectivity index (χ2n) is 42.3. The Kier molecular flexibility index (Phi) is 28.8. The molecular formula is C106H137F2N25O8. The number of aliphatic hydroxyl groups is 2. The third kappa shape index (κ3) is 20.8. The average Bonchev–Trinajstić information content (AvgIpc) is 1.54. The smallest absolute Gasteiger partial charge is 0.246 e. The molecule has 0 aromatic carbocycles. The van der Waals surface area contributed by atoms with Gasteiger partial charge in [-0.15, -0.1) is 6.42 Å². The fraction of sp³-hybridized carbons (Fsp3) is 0.557. The van der Waals surface area contributed by atoms with Gasteiger partial charge in [-0.25, -0.2) is 58.6 Å². The van der Waals surface area contributed by atoms with Gasteiger partial charge in [0.1, 0.15) is 107 Å². The van der Waals surface area contributed by atoms with Crippen molar-refractivity contribution in [2.24, 2.45) is 28.6 Å². The van der Waals surface area contributed by atoms with Crippen molar-refractivity contribution in [1.29, 1.82) is 0 Å². The minimum atomic E-state index is -1.01. The first-order chi connectivity index (χ1) is 67.9. The number of halogens is 2. The summed E-state index contributed by atoms with van der Waals surface area (Å²) in [6, 6.07) is 1.67. The molecule has 33 nitrogen and oxygen atoms in total. The van der Waals surface area contributed by atoms with Gasteiger partial charge in [0.25, 0.3) is 0 Å². The monoisotopic (exact) mass is 1930 g/mol. The number of carbonyl (C=O) groups excluding carboxylic acids is 5.